The van der Waals surface area contributed by atoms with Crippen molar-refractivity contribution in [3.63, 3.8) is 0 Å². The van der Waals surface area contributed by atoms with Gasteiger partial charge in [0.1, 0.15) is 18.0 Å². The number of nitrogens with one attached hydrogen (secondary N) is 1. The summed E-state index contributed by atoms with van der Waals surface area (Å²) >= 11 is 0. The van der Waals surface area contributed by atoms with Crippen molar-refractivity contribution in [1.29, 1.82) is 0 Å². The number of piperidine rings is 1. The highest BCUT2D eigenvalue weighted by Crippen LogP contribution is 2.34. The molecule has 1 aromatic carbocycles. The monoisotopic (exact) mass is 403 g/mol. The maximum Gasteiger partial charge on any atom is 0.242 e. The van der Waals surface area contributed by atoms with E-state index in [9.17, 15) is 0 Å². The van der Waals surface area contributed by atoms with Gasteiger partial charge in [-0.05, 0) is 45.1 Å². The Kier molecular flexibility index (Phi) is 4.89. The molecular formula is C23H29N7. The van der Waals surface area contributed by atoms with Crippen molar-refractivity contribution < 1.29 is 0 Å². The Hall–Kier alpha value is -2.96. The highest BCUT2D eigenvalue weighted by Gasteiger charge is 2.33. The van der Waals surface area contributed by atoms with Crippen LogP contribution in [0.5, 0.6) is 0 Å². The maximum atomic E-state index is 4.94. The highest BCUT2D eigenvalue weighted by atomic mass is 15.4. The van der Waals surface area contributed by atoms with E-state index in [1.54, 1.807) is 6.33 Å². The zero-order valence-electron chi connectivity index (χ0n) is 17.8. The van der Waals surface area contributed by atoms with Crippen LogP contribution in [0.15, 0.2) is 42.7 Å². The normalized spacial score (nSPS) is 20.6. The molecule has 0 amide bonds. The van der Waals surface area contributed by atoms with Gasteiger partial charge in [0.25, 0.3) is 0 Å². The number of hydrogen-bond acceptors (Lipinski definition) is 6. The van der Waals surface area contributed by atoms with Crippen molar-refractivity contribution in [1.82, 2.24) is 24.7 Å². The number of fused-ring (bicyclic) bond motifs is 1. The van der Waals surface area contributed by atoms with Gasteiger partial charge < -0.3 is 10.2 Å². The van der Waals surface area contributed by atoms with Crippen LogP contribution in [0.25, 0.3) is 0 Å². The van der Waals surface area contributed by atoms with E-state index >= 15 is 0 Å². The summed E-state index contributed by atoms with van der Waals surface area (Å²) < 4.78 is 2.10. The number of nitrogens with zero attached hydrogens (tertiary/aromatic N) is 6. The van der Waals surface area contributed by atoms with E-state index in [1.807, 2.05) is 6.92 Å². The molecule has 7 heteroatoms. The minimum atomic E-state index is -0.0155. The van der Waals surface area contributed by atoms with E-state index in [0.29, 0.717) is 5.92 Å². The number of aromatic nitrogens is 5. The number of anilines is 2. The molecule has 4 heterocycles. The van der Waals surface area contributed by atoms with E-state index in [2.05, 4.69) is 68.2 Å². The standard InChI is InChI=1S/C23H29N7/c1-17-15-20(25-16-24-17)29-13-10-23(2,11-14-29)27-22-26-21-19(9-6-12-30(21)28-22)18-7-4-3-5-8-18/h3-5,7-8,15-16,19H,6,9-14H2,1-2H3,(H,27,28). The Morgan fingerprint density at radius 2 is 1.87 bits per heavy atom. The Morgan fingerprint density at radius 1 is 1.07 bits per heavy atom. The fourth-order valence-corrected chi connectivity index (χ4v) is 4.64. The molecule has 1 N–H and O–H groups in total. The van der Waals surface area contributed by atoms with Crippen molar-refractivity contribution in [3.05, 3.63) is 59.8 Å². The van der Waals surface area contributed by atoms with Crippen LogP contribution in [0.3, 0.4) is 0 Å². The van der Waals surface area contributed by atoms with Gasteiger partial charge in [0.2, 0.25) is 5.95 Å². The van der Waals surface area contributed by atoms with Crippen LogP contribution >= 0.6 is 0 Å². The lowest BCUT2D eigenvalue weighted by Gasteiger charge is -2.40. The molecule has 1 fully saturated rings. The molecule has 7 nitrogen and oxygen atoms in total. The van der Waals surface area contributed by atoms with Gasteiger partial charge in [-0.3, -0.25) is 0 Å². The van der Waals surface area contributed by atoms with Crippen molar-refractivity contribution >= 4 is 11.8 Å². The molecule has 0 saturated carbocycles. The molecule has 0 spiro atoms. The molecule has 2 aliphatic heterocycles. The van der Waals surface area contributed by atoms with Crippen molar-refractivity contribution in [2.24, 2.45) is 0 Å². The largest absolute Gasteiger partial charge is 0.356 e. The summed E-state index contributed by atoms with van der Waals surface area (Å²) in [7, 11) is 0. The van der Waals surface area contributed by atoms with E-state index in [1.165, 1.54) is 5.56 Å². The molecule has 1 unspecified atom stereocenters. The minimum absolute atomic E-state index is 0.0155. The number of benzene rings is 1. The molecule has 1 atom stereocenters. The lowest BCUT2D eigenvalue weighted by molar-refractivity contribution is 0.390. The smallest absolute Gasteiger partial charge is 0.242 e. The maximum absolute atomic E-state index is 4.94. The van der Waals surface area contributed by atoms with Gasteiger partial charge >= 0.3 is 0 Å². The second-order valence-electron chi connectivity index (χ2n) is 8.81. The van der Waals surface area contributed by atoms with Crippen LogP contribution < -0.4 is 10.2 Å². The molecule has 5 rings (SSSR count). The summed E-state index contributed by atoms with van der Waals surface area (Å²) in [6.07, 6.45) is 5.95. The predicted molar refractivity (Wildman–Crippen MR) is 118 cm³/mol. The Labute approximate surface area is 177 Å². The molecular weight excluding hydrogens is 374 g/mol. The van der Waals surface area contributed by atoms with E-state index in [-0.39, 0.29) is 5.54 Å². The lowest BCUT2D eigenvalue weighted by Crippen LogP contribution is -2.47. The third kappa shape index (κ3) is 3.76. The molecule has 30 heavy (non-hydrogen) atoms. The molecule has 1 saturated heterocycles. The summed E-state index contributed by atoms with van der Waals surface area (Å²) in [5, 5.41) is 8.48. The van der Waals surface area contributed by atoms with Crippen molar-refractivity contribution in [2.45, 2.75) is 57.5 Å². The molecule has 0 radical (unpaired) electrons. The van der Waals surface area contributed by atoms with Gasteiger partial charge in [-0.25, -0.2) is 14.6 Å². The second-order valence-corrected chi connectivity index (χ2v) is 8.81. The van der Waals surface area contributed by atoms with Crippen LogP contribution in [0.1, 0.15) is 55.6 Å². The first-order chi connectivity index (χ1) is 14.6. The first kappa shape index (κ1) is 19.0. The van der Waals surface area contributed by atoms with Crippen LogP contribution in [-0.2, 0) is 6.54 Å². The fraction of sp³-hybridized carbons (Fsp3) is 0.478. The van der Waals surface area contributed by atoms with Crippen LogP contribution in [0, 0.1) is 6.92 Å². The average molecular weight is 404 g/mol. The zero-order chi connectivity index (χ0) is 20.6. The average Bonchev–Trinajstić information content (AvgIpc) is 3.16. The number of aryl methyl sites for hydroxylation is 2. The number of hydrogen-bond donors (Lipinski definition) is 1. The zero-order valence-corrected chi connectivity index (χ0v) is 17.8. The Bertz CT molecular complexity index is 1010. The highest BCUT2D eigenvalue weighted by molar-refractivity contribution is 5.41. The van der Waals surface area contributed by atoms with E-state index in [0.717, 1.165) is 68.6 Å². The van der Waals surface area contributed by atoms with Crippen LogP contribution in [0.2, 0.25) is 0 Å². The first-order valence-corrected chi connectivity index (χ1v) is 10.9. The third-order valence-electron chi connectivity index (χ3n) is 6.47. The van der Waals surface area contributed by atoms with Gasteiger partial charge in [-0.2, -0.15) is 4.98 Å². The van der Waals surface area contributed by atoms with Crippen LogP contribution in [-0.4, -0.2) is 43.4 Å². The van der Waals surface area contributed by atoms with E-state index in [4.69, 9.17) is 10.1 Å². The molecule has 3 aromatic rings. The minimum Gasteiger partial charge on any atom is -0.356 e. The molecule has 2 aliphatic rings. The van der Waals surface area contributed by atoms with Gasteiger partial charge in [0, 0.05) is 42.9 Å². The van der Waals surface area contributed by atoms with Crippen molar-refractivity contribution in [3.8, 4) is 0 Å². The quantitative estimate of drug-likeness (QED) is 0.715. The van der Waals surface area contributed by atoms with Gasteiger partial charge in [0.05, 0.1) is 0 Å². The molecule has 2 aromatic heterocycles. The van der Waals surface area contributed by atoms with Gasteiger partial charge in [-0.1, -0.05) is 30.3 Å². The molecule has 0 aliphatic carbocycles. The first-order valence-electron chi connectivity index (χ1n) is 10.9. The Morgan fingerprint density at radius 3 is 2.63 bits per heavy atom. The summed E-state index contributed by atoms with van der Waals surface area (Å²) in [4.78, 5) is 15.9. The number of rotatable bonds is 4. The molecule has 0 bridgehead atoms. The van der Waals surface area contributed by atoms with Gasteiger partial charge in [-0.15, -0.1) is 5.10 Å². The van der Waals surface area contributed by atoms with Gasteiger partial charge in [0.15, 0.2) is 0 Å². The fourth-order valence-electron chi connectivity index (χ4n) is 4.64. The predicted octanol–water partition coefficient (Wildman–Crippen LogP) is 3.77. The summed E-state index contributed by atoms with van der Waals surface area (Å²) in [6.45, 7) is 7.16. The SMILES string of the molecule is Cc1cc(N2CCC(C)(Nc3nc4n(n3)CCCC4c3ccccc3)CC2)ncn1. The van der Waals surface area contributed by atoms with Crippen molar-refractivity contribution in [2.75, 3.05) is 23.3 Å². The molecule has 156 valence electrons. The second kappa shape index (κ2) is 7.70. The topological polar surface area (TPSA) is 71.8 Å². The summed E-state index contributed by atoms with van der Waals surface area (Å²) in [6, 6.07) is 12.8. The van der Waals surface area contributed by atoms with Crippen LogP contribution in [0.4, 0.5) is 11.8 Å². The Balaban J connectivity index is 1.29. The summed E-state index contributed by atoms with van der Waals surface area (Å²) in [5.41, 5.74) is 2.32. The lowest BCUT2D eigenvalue weighted by atomic mass is 9.89. The van der Waals surface area contributed by atoms with E-state index < -0.39 is 0 Å². The summed E-state index contributed by atoms with van der Waals surface area (Å²) in [5.74, 6) is 3.21. The third-order valence-corrected chi connectivity index (χ3v) is 6.47.